The SMILES string of the molecule is C=CC(=O)NN1C(C)(C)CC(C)(C#N)CC1(C)C. The number of hydrogen-bond donors (Lipinski definition) is 1. The summed E-state index contributed by atoms with van der Waals surface area (Å²) in [5.74, 6) is -0.211. The molecule has 100 valence electrons. The number of nitrogens with one attached hydrogen (secondary N) is 1. The molecule has 0 aliphatic carbocycles. The van der Waals surface area contributed by atoms with E-state index in [0.29, 0.717) is 0 Å². The van der Waals surface area contributed by atoms with Crippen molar-refractivity contribution in [3.05, 3.63) is 12.7 Å². The van der Waals surface area contributed by atoms with Gasteiger partial charge in [-0.2, -0.15) is 5.26 Å². The van der Waals surface area contributed by atoms with E-state index >= 15 is 0 Å². The minimum atomic E-state index is -0.359. The summed E-state index contributed by atoms with van der Waals surface area (Å²) in [6, 6.07) is 2.42. The Morgan fingerprint density at radius 3 is 2.06 bits per heavy atom. The van der Waals surface area contributed by atoms with Crippen molar-refractivity contribution in [3.63, 3.8) is 0 Å². The molecule has 1 amide bonds. The summed E-state index contributed by atoms with van der Waals surface area (Å²) in [5, 5.41) is 11.3. The van der Waals surface area contributed by atoms with Gasteiger partial charge in [0.05, 0.1) is 11.5 Å². The van der Waals surface area contributed by atoms with E-state index in [1.165, 1.54) is 6.08 Å². The van der Waals surface area contributed by atoms with Gasteiger partial charge in [-0.3, -0.25) is 10.2 Å². The Kier molecular flexibility index (Phi) is 3.60. The van der Waals surface area contributed by atoms with Crippen LogP contribution in [0.25, 0.3) is 0 Å². The van der Waals surface area contributed by atoms with E-state index in [1.807, 2.05) is 39.6 Å². The van der Waals surface area contributed by atoms with Crippen molar-refractivity contribution in [2.24, 2.45) is 5.41 Å². The van der Waals surface area contributed by atoms with Crippen molar-refractivity contribution in [3.8, 4) is 6.07 Å². The summed E-state index contributed by atoms with van der Waals surface area (Å²) in [4.78, 5) is 11.6. The maximum atomic E-state index is 11.6. The molecule has 0 unspecified atom stereocenters. The van der Waals surface area contributed by atoms with E-state index in [9.17, 15) is 10.1 Å². The minimum absolute atomic E-state index is 0.211. The van der Waals surface area contributed by atoms with E-state index in [0.717, 1.165) is 12.8 Å². The molecule has 1 heterocycles. The normalized spacial score (nSPS) is 24.9. The van der Waals surface area contributed by atoms with Crippen molar-refractivity contribution in [2.45, 2.75) is 58.5 Å². The van der Waals surface area contributed by atoms with Gasteiger partial charge in [0.2, 0.25) is 0 Å². The number of carbonyl (C=O) groups excluding carboxylic acids is 1. The lowest BCUT2D eigenvalue weighted by Crippen LogP contribution is -2.68. The molecule has 18 heavy (non-hydrogen) atoms. The molecule has 0 radical (unpaired) electrons. The Balaban J connectivity index is 3.08. The largest absolute Gasteiger partial charge is 0.284 e. The van der Waals surface area contributed by atoms with Gasteiger partial charge in [-0.25, -0.2) is 5.01 Å². The lowest BCUT2D eigenvalue weighted by Gasteiger charge is -2.56. The van der Waals surface area contributed by atoms with Gasteiger partial charge in [0, 0.05) is 11.1 Å². The molecule has 0 spiro atoms. The van der Waals surface area contributed by atoms with Crippen LogP contribution in [-0.2, 0) is 4.79 Å². The highest BCUT2D eigenvalue weighted by Gasteiger charge is 2.51. The molecular weight excluding hydrogens is 226 g/mol. The Labute approximate surface area is 110 Å². The first kappa shape index (κ1) is 14.7. The van der Waals surface area contributed by atoms with E-state index in [1.54, 1.807) is 0 Å². The number of hydrogen-bond acceptors (Lipinski definition) is 3. The molecule has 1 saturated heterocycles. The first-order chi connectivity index (χ1) is 8.06. The number of nitrogens with zero attached hydrogens (tertiary/aromatic N) is 2. The Morgan fingerprint density at radius 2 is 1.72 bits per heavy atom. The van der Waals surface area contributed by atoms with Crippen molar-refractivity contribution in [2.75, 3.05) is 0 Å². The fourth-order valence-corrected chi connectivity index (χ4v) is 3.49. The van der Waals surface area contributed by atoms with Crippen LogP contribution in [0.5, 0.6) is 0 Å². The summed E-state index contributed by atoms with van der Waals surface area (Å²) < 4.78 is 0. The third-order valence-electron chi connectivity index (χ3n) is 3.53. The van der Waals surface area contributed by atoms with Gasteiger partial charge in [0.25, 0.3) is 5.91 Å². The summed E-state index contributed by atoms with van der Waals surface area (Å²) in [6.45, 7) is 13.7. The maximum absolute atomic E-state index is 11.6. The van der Waals surface area contributed by atoms with Gasteiger partial charge >= 0.3 is 0 Å². The monoisotopic (exact) mass is 249 g/mol. The van der Waals surface area contributed by atoms with E-state index in [4.69, 9.17) is 0 Å². The summed E-state index contributed by atoms with van der Waals surface area (Å²) in [5.41, 5.74) is 1.97. The van der Waals surface area contributed by atoms with Gasteiger partial charge in [-0.05, 0) is 53.5 Å². The first-order valence-corrected chi connectivity index (χ1v) is 6.21. The lowest BCUT2D eigenvalue weighted by molar-refractivity contribution is -0.141. The molecule has 0 aromatic carbocycles. The smallest absolute Gasteiger partial charge is 0.257 e. The van der Waals surface area contributed by atoms with Gasteiger partial charge < -0.3 is 0 Å². The highest BCUT2D eigenvalue weighted by molar-refractivity contribution is 5.86. The summed E-state index contributed by atoms with van der Waals surface area (Å²) in [6.07, 6.45) is 2.71. The second-order valence-corrected chi connectivity index (χ2v) is 6.67. The lowest BCUT2D eigenvalue weighted by atomic mass is 9.67. The molecule has 1 aliphatic rings. The van der Waals surface area contributed by atoms with Crippen LogP contribution < -0.4 is 5.43 Å². The number of piperidine rings is 1. The standard InChI is InChI=1S/C14H23N3O/c1-7-11(18)16-17-12(2,3)8-14(6,10-15)9-13(17,4)5/h7H,1,8-9H2,2-6H3,(H,16,18). The van der Waals surface area contributed by atoms with Crippen molar-refractivity contribution in [1.82, 2.24) is 10.4 Å². The second-order valence-electron chi connectivity index (χ2n) is 6.67. The van der Waals surface area contributed by atoms with Crippen LogP contribution in [0.3, 0.4) is 0 Å². The van der Waals surface area contributed by atoms with Gasteiger partial charge in [-0.1, -0.05) is 6.58 Å². The van der Waals surface area contributed by atoms with Crippen LogP contribution in [-0.4, -0.2) is 22.0 Å². The van der Waals surface area contributed by atoms with Crippen molar-refractivity contribution < 1.29 is 4.79 Å². The number of amides is 1. The molecule has 0 saturated carbocycles. The predicted molar refractivity (Wildman–Crippen MR) is 71.3 cm³/mol. The quantitative estimate of drug-likeness (QED) is 0.764. The summed E-state index contributed by atoms with van der Waals surface area (Å²) >= 11 is 0. The van der Waals surface area contributed by atoms with Crippen LogP contribution in [0.4, 0.5) is 0 Å². The van der Waals surface area contributed by atoms with E-state index in [-0.39, 0.29) is 22.4 Å². The fourth-order valence-electron chi connectivity index (χ4n) is 3.49. The molecule has 0 aromatic rings. The molecule has 0 aromatic heterocycles. The zero-order valence-corrected chi connectivity index (χ0v) is 12.0. The van der Waals surface area contributed by atoms with Crippen LogP contribution in [0.2, 0.25) is 0 Å². The fraction of sp³-hybridized carbons (Fsp3) is 0.714. The third-order valence-corrected chi connectivity index (χ3v) is 3.53. The van der Waals surface area contributed by atoms with Gasteiger partial charge in [-0.15, -0.1) is 0 Å². The highest BCUT2D eigenvalue weighted by Crippen LogP contribution is 2.46. The Hall–Kier alpha value is -1.34. The van der Waals surface area contributed by atoms with Crippen LogP contribution in [0, 0.1) is 16.7 Å². The third kappa shape index (κ3) is 2.73. The molecule has 4 nitrogen and oxygen atoms in total. The van der Waals surface area contributed by atoms with Crippen LogP contribution in [0.1, 0.15) is 47.5 Å². The first-order valence-electron chi connectivity index (χ1n) is 6.21. The number of nitriles is 1. The van der Waals surface area contributed by atoms with Crippen LogP contribution in [0.15, 0.2) is 12.7 Å². The second kappa shape index (κ2) is 4.40. The Morgan fingerprint density at radius 1 is 1.28 bits per heavy atom. The zero-order valence-electron chi connectivity index (χ0n) is 12.0. The van der Waals surface area contributed by atoms with Crippen molar-refractivity contribution in [1.29, 1.82) is 5.26 Å². The average Bonchev–Trinajstić information content (AvgIpc) is 2.21. The summed E-state index contributed by atoms with van der Waals surface area (Å²) in [7, 11) is 0. The maximum Gasteiger partial charge on any atom is 0.257 e. The predicted octanol–water partition coefficient (Wildman–Crippen LogP) is 2.39. The molecule has 4 heteroatoms. The number of carbonyl (C=O) groups is 1. The molecule has 0 atom stereocenters. The molecule has 1 fully saturated rings. The molecule has 1 rings (SSSR count). The zero-order chi connectivity index (χ0) is 14.2. The van der Waals surface area contributed by atoms with E-state index in [2.05, 4.69) is 18.1 Å². The molecule has 0 bridgehead atoms. The van der Waals surface area contributed by atoms with Gasteiger partial charge in [0.1, 0.15) is 0 Å². The highest BCUT2D eigenvalue weighted by atomic mass is 16.2. The van der Waals surface area contributed by atoms with Crippen molar-refractivity contribution >= 4 is 5.91 Å². The van der Waals surface area contributed by atoms with E-state index < -0.39 is 0 Å². The van der Waals surface area contributed by atoms with Gasteiger partial charge in [0.15, 0.2) is 0 Å². The Bertz CT molecular complexity index is 386. The number of hydrazine groups is 1. The number of rotatable bonds is 2. The average molecular weight is 249 g/mol. The molecule has 1 aliphatic heterocycles. The molecular formula is C14H23N3O. The topological polar surface area (TPSA) is 56.1 Å². The molecule has 1 N–H and O–H groups in total. The van der Waals surface area contributed by atoms with Crippen LogP contribution >= 0.6 is 0 Å². The minimum Gasteiger partial charge on any atom is -0.284 e.